The molecular formula is C12H13BrN2O3. The van der Waals surface area contributed by atoms with Crippen LogP contribution in [-0.2, 0) is 11.3 Å². The summed E-state index contributed by atoms with van der Waals surface area (Å²) in [5.74, 6) is 0.944. The monoisotopic (exact) mass is 312 g/mol. The van der Waals surface area contributed by atoms with Crippen LogP contribution in [0.15, 0.2) is 27.3 Å². The molecule has 2 rings (SSSR count). The molecule has 1 aromatic heterocycles. The number of nitrogens with zero attached hydrogens (tertiary/aromatic N) is 1. The van der Waals surface area contributed by atoms with E-state index < -0.39 is 0 Å². The van der Waals surface area contributed by atoms with Crippen LogP contribution >= 0.6 is 15.9 Å². The largest absolute Gasteiger partial charge is 0.496 e. The first-order valence-electron chi connectivity index (χ1n) is 5.23. The van der Waals surface area contributed by atoms with Crippen LogP contribution < -0.4 is 10.5 Å². The lowest BCUT2D eigenvalue weighted by molar-refractivity contribution is 0.185. The van der Waals surface area contributed by atoms with Crippen molar-refractivity contribution in [2.45, 2.75) is 6.61 Å². The Kier molecular flexibility index (Phi) is 3.88. The second-order valence-corrected chi connectivity index (χ2v) is 4.59. The van der Waals surface area contributed by atoms with Crippen molar-refractivity contribution in [3.05, 3.63) is 28.4 Å². The number of hydrogen-bond donors (Lipinski definition) is 1. The summed E-state index contributed by atoms with van der Waals surface area (Å²) in [6.45, 7) is 0.440. The smallest absolute Gasteiger partial charge is 0.230 e. The number of nitrogen functional groups attached to an aromatic ring is 1. The molecule has 0 aliphatic rings. The Hall–Kier alpha value is -1.53. The number of methoxy groups -OCH3 is 2. The van der Waals surface area contributed by atoms with Gasteiger partial charge in [-0.05, 0) is 17.7 Å². The predicted molar refractivity (Wildman–Crippen MR) is 71.3 cm³/mol. The summed E-state index contributed by atoms with van der Waals surface area (Å²) in [4.78, 5) is 0. The molecule has 2 aromatic rings. The van der Waals surface area contributed by atoms with E-state index in [0.29, 0.717) is 17.9 Å². The van der Waals surface area contributed by atoms with Crippen LogP contribution in [0.5, 0.6) is 5.75 Å². The first kappa shape index (κ1) is 12.9. The van der Waals surface area contributed by atoms with Crippen LogP contribution in [0, 0.1) is 0 Å². The maximum atomic E-state index is 5.76. The summed E-state index contributed by atoms with van der Waals surface area (Å²) in [5, 5.41) is 3.69. The molecule has 0 atom stereocenters. The molecule has 96 valence electrons. The summed E-state index contributed by atoms with van der Waals surface area (Å²) >= 11 is 3.43. The molecule has 6 heteroatoms. The van der Waals surface area contributed by atoms with Gasteiger partial charge in [0.05, 0.1) is 25.5 Å². The Labute approximate surface area is 113 Å². The third-order valence-electron chi connectivity index (χ3n) is 2.54. The van der Waals surface area contributed by atoms with Crippen molar-refractivity contribution >= 4 is 21.8 Å². The van der Waals surface area contributed by atoms with Gasteiger partial charge in [-0.15, -0.1) is 0 Å². The fourth-order valence-corrected chi connectivity index (χ4v) is 2.29. The van der Waals surface area contributed by atoms with Gasteiger partial charge in [0.15, 0.2) is 0 Å². The third-order valence-corrected chi connectivity index (χ3v) is 2.99. The summed E-state index contributed by atoms with van der Waals surface area (Å²) < 4.78 is 16.4. The van der Waals surface area contributed by atoms with Crippen molar-refractivity contribution in [3.63, 3.8) is 0 Å². The van der Waals surface area contributed by atoms with Gasteiger partial charge in [-0.2, -0.15) is 0 Å². The molecule has 0 unspecified atom stereocenters. The van der Waals surface area contributed by atoms with Crippen LogP contribution in [0.4, 0.5) is 5.88 Å². The molecular weight excluding hydrogens is 300 g/mol. The SMILES string of the molecule is COCc1cc(Br)cc(OC)c1-c1cnoc1N. The first-order chi connectivity index (χ1) is 8.67. The Morgan fingerprint density at radius 2 is 2.17 bits per heavy atom. The highest BCUT2D eigenvalue weighted by molar-refractivity contribution is 9.10. The summed E-state index contributed by atoms with van der Waals surface area (Å²) in [6, 6.07) is 3.81. The van der Waals surface area contributed by atoms with Gasteiger partial charge in [0.2, 0.25) is 5.88 Å². The van der Waals surface area contributed by atoms with E-state index in [-0.39, 0.29) is 5.88 Å². The Bertz CT molecular complexity index is 554. The number of benzene rings is 1. The molecule has 0 aliphatic heterocycles. The van der Waals surface area contributed by atoms with E-state index in [0.717, 1.165) is 15.6 Å². The van der Waals surface area contributed by atoms with E-state index >= 15 is 0 Å². The minimum Gasteiger partial charge on any atom is -0.496 e. The molecule has 0 saturated heterocycles. The molecule has 0 amide bonds. The maximum Gasteiger partial charge on any atom is 0.230 e. The van der Waals surface area contributed by atoms with E-state index in [9.17, 15) is 0 Å². The lowest BCUT2D eigenvalue weighted by Crippen LogP contribution is -1.98. The normalized spacial score (nSPS) is 10.6. The number of hydrogen-bond acceptors (Lipinski definition) is 5. The number of anilines is 1. The molecule has 0 aliphatic carbocycles. The number of halogens is 1. The molecule has 18 heavy (non-hydrogen) atoms. The molecule has 0 fully saturated rings. The first-order valence-corrected chi connectivity index (χ1v) is 6.02. The van der Waals surface area contributed by atoms with Crippen molar-refractivity contribution in [1.29, 1.82) is 0 Å². The molecule has 0 radical (unpaired) electrons. The minimum absolute atomic E-state index is 0.257. The standard InChI is InChI=1S/C12H13BrN2O3/c1-16-6-7-3-8(13)4-10(17-2)11(7)9-5-15-18-12(9)14/h3-5H,6,14H2,1-2H3. The Morgan fingerprint density at radius 1 is 1.39 bits per heavy atom. The van der Waals surface area contributed by atoms with Crippen LogP contribution in [0.1, 0.15) is 5.56 Å². The molecule has 0 spiro atoms. The summed E-state index contributed by atoms with van der Waals surface area (Å²) in [7, 11) is 3.24. The number of rotatable bonds is 4. The zero-order valence-corrected chi connectivity index (χ0v) is 11.7. The lowest BCUT2D eigenvalue weighted by atomic mass is 10.0. The predicted octanol–water partition coefficient (Wildman–Crippen LogP) is 2.84. The highest BCUT2D eigenvalue weighted by atomic mass is 79.9. The molecule has 5 nitrogen and oxygen atoms in total. The van der Waals surface area contributed by atoms with Crippen LogP contribution in [-0.4, -0.2) is 19.4 Å². The maximum absolute atomic E-state index is 5.76. The van der Waals surface area contributed by atoms with Crippen LogP contribution in [0.3, 0.4) is 0 Å². The van der Waals surface area contributed by atoms with Gasteiger partial charge in [-0.1, -0.05) is 21.1 Å². The molecule has 1 aromatic carbocycles. The highest BCUT2D eigenvalue weighted by Crippen LogP contribution is 2.39. The van der Waals surface area contributed by atoms with Gasteiger partial charge in [0.25, 0.3) is 0 Å². The zero-order chi connectivity index (χ0) is 13.1. The van der Waals surface area contributed by atoms with Gasteiger partial charge in [-0.25, -0.2) is 0 Å². The van der Waals surface area contributed by atoms with Crippen molar-refractivity contribution in [3.8, 4) is 16.9 Å². The lowest BCUT2D eigenvalue weighted by Gasteiger charge is -2.13. The zero-order valence-electron chi connectivity index (χ0n) is 10.1. The van der Waals surface area contributed by atoms with Gasteiger partial charge in [-0.3, -0.25) is 0 Å². The molecule has 0 saturated carbocycles. The van der Waals surface area contributed by atoms with Gasteiger partial charge in [0, 0.05) is 17.1 Å². The quantitative estimate of drug-likeness (QED) is 0.940. The van der Waals surface area contributed by atoms with E-state index in [1.54, 1.807) is 20.4 Å². The number of ether oxygens (including phenoxy) is 2. The van der Waals surface area contributed by atoms with E-state index in [1.165, 1.54) is 0 Å². The van der Waals surface area contributed by atoms with E-state index in [4.69, 9.17) is 19.7 Å². The Morgan fingerprint density at radius 3 is 2.72 bits per heavy atom. The fourth-order valence-electron chi connectivity index (χ4n) is 1.81. The molecule has 1 heterocycles. The minimum atomic E-state index is 0.257. The van der Waals surface area contributed by atoms with Gasteiger partial charge >= 0.3 is 0 Å². The average molecular weight is 313 g/mol. The van der Waals surface area contributed by atoms with Crippen molar-refractivity contribution in [2.75, 3.05) is 20.0 Å². The molecule has 2 N–H and O–H groups in total. The van der Waals surface area contributed by atoms with Crippen molar-refractivity contribution in [1.82, 2.24) is 5.16 Å². The van der Waals surface area contributed by atoms with E-state index in [2.05, 4.69) is 21.1 Å². The van der Waals surface area contributed by atoms with Crippen molar-refractivity contribution < 1.29 is 14.0 Å². The summed E-state index contributed by atoms with van der Waals surface area (Å²) in [6.07, 6.45) is 1.57. The highest BCUT2D eigenvalue weighted by Gasteiger charge is 2.18. The third kappa shape index (κ3) is 2.34. The van der Waals surface area contributed by atoms with Gasteiger partial charge in [0.1, 0.15) is 5.75 Å². The van der Waals surface area contributed by atoms with Gasteiger partial charge < -0.3 is 19.7 Å². The Balaban J connectivity index is 2.66. The van der Waals surface area contributed by atoms with Crippen LogP contribution in [0.2, 0.25) is 0 Å². The average Bonchev–Trinajstić information content (AvgIpc) is 2.75. The van der Waals surface area contributed by atoms with Crippen molar-refractivity contribution in [2.24, 2.45) is 0 Å². The second kappa shape index (κ2) is 5.41. The number of aromatic nitrogens is 1. The fraction of sp³-hybridized carbons (Fsp3) is 0.250. The summed E-state index contributed by atoms with van der Waals surface area (Å²) in [5.41, 5.74) is 8.24. The number of nitrogens with two attached hydrogens (primary N) is 1. The second-order valence-electron chi connectivity index (χ2n) is 3.68. The molecule has 0 bridgehead atoms. The van der Waals surface area contributed by atoms with Crippen LogP contribution in [0.25, 0.3) is 11.1 Å². The van der Waals surface area contributed by atoms with E-state index in [1.807, 2.05) is 12.1 Å². The topological polar surface area (TPSA) is 70.5 Å².